The third-order valence-electron chi connectivity index (χ3n) is 1.95. The van der Waals surface area contributed by atoms with Crippen LogP contribution in [0.1, 0.15) is 0 Å². The molecule has 0 saturated carbocycles. The predicted molar refractivity (Wildman–Crippen MR) is 73.5 cm³/mol. The van der Waals surface area contributed by atoms with Crippen LogP contribution in [-0.4, -0.2) is 50.8 Å². The normalized spacial score (nSPS) is 14.6. The Balaban J connectivity index is 0. The van der Waals surface area contributed by atoms with Crippen LogP contribution >= 0.6 is 37.7 Å². The van der Waals surface area contributed by atoms with E-state index in [2.05, 4.69) is 41.2 Å². The van der Waals surface area contributed by atoms with Gasteiger partial charge in [-0.3, -0.25) is 0 Å². The van der Waals surface area contributed by atoms with Gasteiger partial charge in [0, 0.05) is 36.7 Å². The molecule has 14 heavy (non-hydrogen) atoms. The number of halogens is 1. The molecular formula is C8H22ClN3S2. The van der Waals surface area contributed by atoms with Gasteiger partial charge in [-0.15, -0.1) is 12.4 Å². The van der Waals surface area contributed by atoms with Crippen LogP contribution in [0.15, 0.2) is 0 Å². The summed E-state index contributed by atoms with van der Waals surface area (Å²) >= 11 is 8.51. The molecule has 0 aromatic carbocycles. The molecule has 0 rings (SSSR count). The first kappa shape index (κ1) is 17.3. The molecule has 0 unspecified atom stereocenters. The van der Waals surface area contributed by atoms with Crippen molar-refractivity contribution in [2.75, 3.05) is 38.7 Å². The topological polar surface area (TPSA) is 36.1 Å². The van der Waals surface area contributed by atoms with Crippen molar-refractivity contribution >= 4 is 37.7 Å². The van der Waals surface area contributed by atoms with Gasteiger partial charge in [0.15, 0.2) is 0 Å². The summed E-state index contributed by atoms with van der Waals surface area (Å²) in [4.78, 5) is 0. The van der Waals surface area contributed by atoms with E-state index in [1.165, 1.54) is 0 Å². The Kier molecular flexibility index (Phi) is 14.7. The molecule has 0 aliphatic heterocycles. The van der Waals surface area contributed by atoms with Crippen molar-refractivity contribution in [3.05, 3.63) is 0 Å². The number of likely N-dealkylation sites (N-methyl/N-ethyl adjacent to an activating group) is 2. The van der Waals surface area contributed by atoms with Gasteiger partial charge >= 0.3 is 0 Å². The number of hydrogen-bond acceptors (Lipinski definition) is 5. The van der Waals surface area contributed by atoms with E-state index in [9.17, 15) is 0 Å². The Labute approximate surface area is 104 Å². The zero-order chi connectivity index (χ0) is 10.1. The van der Waals surface area contributed by atoms with Crippen LogP contribution in [0.25, 0.3) is 0 Å². The third-order valence-corrected chi connectivity index (χ3v) is 2.83. The van der Waals surface area contributed by atoms with Crippen LogP contribution in [-0.2, 0) is 0 Å². The van der Waals surface area contributed by atoms with Crippen LogP contribution in [0.2, 0.25) is 0 Å². The molecule has 3 nitrogen and oxygen atoms in total. The summed E-state index contributed by atoms with van der Waals surface area (Å²) in [6.07, 6.45) is 0. The largest absolute Gasteiger partial charge is 0.318 e. The molecule has 88 valence electrons. The van der Waals surface area contributed by atoms with Crippen LogP contribution in [0, 0.1) is 0 Å². The fourth-order valence-electron chi connectivity index (χ4n) is 1.01. The van der Waals surface area contributed by atoms with E-state index in [0.717, 1.165) is 24.6 Å². The van der Waals surface area contributed by atoms with Gasteiger partial charge in [0.25, 0.3) is 0 Å². The van der Waals surface area contributed by atoms with Gasteiger partial charge in [-0.1, -0.05) is 0 Å². The molecule has 0 aromatic rings. The Hall–Kier alpha value is 0.870. The zero-order valence-corrected chi connectivity index (χ0v) is 11.4. The summed E-state index contributed by atoms with van der Waals surface area (Å²) < 4.78 is 0. The Morgan fingerprint density at radius 1 is 1.00 bits per heavy atom. The molecule has 0 radical (unpaired) electrons. The van der Waals surface area contributed by atoms with Crippen LogP contribution in [0.5, 0.6) is 0 Å². The van der Waals surface area contributed by atoms with Crippen LogP contribution < -0.4 is 16.0 Å². The van der Waals surface area contributed by atoms with Crippen molar-refractivity contribution in [3.63, 3.8) is 0 Å². The Morgan fingerprint density at radius 3 is 1.93 bits per heavy atom. The highest BCUT2D eigenvalue weighted by molar-refractivity contribution is 7.80. The molecule has 0 saturated heterocycles. The molecule has 0 aliphatic rings. The van der Waals surface area contributed by atoms with E-state index in [1.807, 2.05) is 14.1 Å². The summed E-state index contributed by atoms with van der Waals surface area (Å²) in [6, 6.07) is 0.867. The van der Waals surface area contributed by atoms with E-state index in [-0.39, 0.29) is 12.4 Å². The summed E-state index contributed by atoms with van der Waals surface area (Å²) in [7, 11) is 3.91. The second-order valence-electron chi connectivity index (χ2n) is 3.01. The van der Waals surface area contributed by atoms with E-state index in [4.69, 9.17) is 0 Å². The Morgan fingerprint density at radius 2 is 1.57 bits per heavy atom. The lowest BCUT2D eigenvalue weighted by atomic mass is 10.3. The maximum absolute atomic E-state index is 4.27. The van der Waals surface area contributed by atoms with Gasteiger partial charge in [0.2, 0.25) is 0 Å². The average Bonchev–Trinajstić information content (AvgIpc) is 2.17. The molecule has 0 aromatic heterocycles. The number of hydrogen-bond donors (Lipinski definition) is 5. The van der Waals surface area contributed by atoms with Crippen LogP contribution in [0.4, 0.5) is 0 Å². The van der Waals surface area contributed by atoms with Gasteiger partial charge < -0.3 is 16.0 Å². The second-order valence-corrected chi connectivity index (χ2v) is 3.74. The van der Waals surface area contributed by atoms with Crippen molar-refractivity contribution in [1.82, 2.24) is 16.0 Å². The maximum atomic E-state index is 4.27. The molecule has 0 amide bonds. The summed E-state index contributed by atoms with van der Waals surface area (Å²) in [6.45, 7) is 1.89. The molecule has 0 aliphatic carbocycles. The van der Waals surface area contributed by atoms with Gasteiger partial charge in [-0.25, -0.2) is 0 Å². The number of thiol groups is 2. The van der Waals surface area contributed by atoms with Gasteiger partial charge in [0.1, 0.15) is 0 Å². The fraction of sp³-hybridized carbons (Fsp3) is 1.00. The fourth-order valence-corrected chi connectivity index (χ4v) is 1.58. The summed E-state index contributed by atoms with van der Waals surface area (Å²) in [5, 5.41) is 9.74. The van der Waals surface area contributed by atoms with E-state index in [0.29, 0.717) is 12.1 Å². The molecule has 0 bridgehead atoms. The van der Waals surface area contributed by atoms with E-state index in [1.54, 1.807) is 0 Å². The first-order valence-corrected chi connectivity index (χ1v) is 5.81. The summed E-state index contributed by atoms with van der Waals surface area (Å²) in [5.74, 6) is 1.70. The zero-order valence-electron chi connectivity index (χ0n) is 8.79. The van der Waals surface area contributed by atoms with Crippen LogP contribution in [0.3, 0.4) is 0 Å². The van der Waals surface area contributed by atoms with Crippen molar-refractivity contribution < 1.29 is 0 Å². The first-order chi connectivity index (χ1) is 6.28. The number of rotatable bonds is 8. The van der Waals surface area contributed by atoms with Crippen molar-refractivity contribution in [1.29, 1.82) is 0 Å². The van der Waals surface area contributed by atoms with Gasteiger partial charge in [0.05, 0.1) is 0 Å². The summed E-state index contributed by atoms with van der Waals surface area (Å²) in [5.41, 5.74) is 0. The van der Waals surface area contributed by atoms with Crippen molar-refractivity contribution in [2.24, 2.45) is 0 Å². The SMILES string of the molecule is CNC[C@@H](CS)NC[C@@H](CS)NC.Cl. The average molecular weight is 260 g/mol. The highest BCUT2D eigenvalue weighted by atomic mass is 35.5. The minimum absolute atomic E-state index is 0. The molecule has 0 heterocycles. The highest BCUT2D eigenvalue weighted by Crippen LogP contribution is 1.89. The molecule has 0 fully saturated rings. The Bertz CT molecular complexity index is 115. The molecular weight excluding hydrogens is 238 g/mol. The van der Waals surface area contributed by atoms with E-state index >= 15 is 0 Å². The molecule has 2 atom stereocenters. The lowest BCUT2D eigenvalue weighted by molar-refractivity contribution is 0.479. The second kappa shape index (κ2) is 11.9. The first-order valence-electron chi connectivity index (χ1n) is 4.55. The van der Waals surface area contributed by atoms with Gasteiger partial charge in [-0.2, -0.15) is 25.3 Å². The minimum Gasteiger partial charge on any atom is -0.318 e. The third kappa shape index (κ3) is 8.20. The number of nitrogens with one attached hydrogen (secondary N) is 3. The van der Waals surface area contributed by atoms with Crippen molar-refractivity contribution in [3.8, 4) is 0 Å². The standard InChI is InChI=1S/C8H21N3S2.ClH/c1-9-3-8(6-13)11-4-7(5-12)10-2;/h7-13H,3-6H2,1-2H3;1H/t7-,8-;/m0./s1. The molecule has 3 N–H and O–H groups in total. The maximum Gasteiger partial charge on any atom is 0.0281 e. The lowest BCUT2D eigenvalue weighted by Crippen LogP contribution is -2.46. The molecule has 6 heteroatoms. The van der Waals surface area contributed by atoms with Crippen molar-refractivity contribution in [2.45, 2.75) is 12.1 Å². The highest BCUT2D eigenvalue weighted by Gasteiger charge is 2.07. The molecule has 0 spiro atoms. The monoisotopic (exact) mass is 259 g/mol. The smallest absolute Gasteiger partial charge is 0.0281 e. The quantitative estimate of drug-likeness (QED) is 0.400. The van der Waals surface area contributed by atoms with E-state index < -0.39 is 0 Å². The predicted octanol–water partition coefficient (Wildman–Crippen LogP) is 0.0334. The van der Waals surface area contributed by atoms with Gasteiger partial charge in [-0.05, 0) is 14.1 Å². The lowest BCUT2D eigenvalue weighted by Gasteiger charge is -2.20. The minimum atomic E-state index is 0.